The van der Waals surface area contributed by atoms with Crippen molar-refractivity contribution in [2.75, 3.05) is 29.0 Å². The predicted octanol–water partition coefficient (Wildman–Crippen LogP) is 3.75. The van der Waals surface area contributed by atoms with E-state index in [1.54, 1.807) is 0 Å². The number of anilines is 3. The fourth-order valence-corrected chi connectivity index (χ4v) is 3.21. The highest BCUT2D eigenvalue weighted by atomic mass is 16.1. The standard InChI is InChI=1S/C20H25N3O/c1-15-5-4-6-17(13-15)22-20(24)10-8-16-7-9-19(18(21)14-16)23-11-2-3-12-23/h4-7,9,13-14H,2-3,8,10-12,21H2,1H3,(H,22,24). The molecule has 24 heavy (non-hydrogen) atoms. The molecule has 4 nitrogen and oxygen atoms in total. The van der Waals surface area contributed by atoms with Gasteiger partial charge in [0.05, 0.1) is 11.4 Å². The Morgan fingerprint density at radius 2 is 1.96 bits per heavy atom. The average molecular weight is 323 g/mol. The molecule has 0 saturated carbocycles. The van der Waals surface area contributed by atoms with Crippen LogP contribution in [0.15, 0.2) is 42.5 Å². The molecule has 1 fully saturated rings. The number of nitrogens with one attached hydrogen (secondary N) is 1. The van der Waals surface area contributed by atoms with Crippen LogP contribution in [-0.2, 0) is 11.2 Å². The SMILES string of the molecule is Cc1cccc(NC(=O)CCc2ccc(N3CCCC3)c(N)c2)c1. The first kappa shape index (κ1) is 16.4. The molecule has 0 bridgehead atoms. The van der Waals surface area contributed by atoms with Gasteiger partial charge in [0, 0.05) is 25.2 Å². The van der Waals surface area contributed by atoms with E-state index in [0.29, 0.717) is 12.8 Å². The average Bonchev–Trinajstić information content (AvgIpc) is 3.07. The van der Waals surface area contributed by atoms with Gasteiger partial charge < -0.3 is 16.0 Å². The van der Waals surface area contributed by atoms with Gasteiger partial charge in [-0.2, -0.15) is 0 Å². The Balaban J connectivity index is 1.56. The molecule has 1 amide bonds. The molecule has 3 rings (SSSR count). The van der Waals surface area contributed by atoms with Crippen LogP contribution >= 0.6 is 0 Å². The third kappa shape index (κ3) is 4.07. The van der Waals surface area contributed by atoms with Gasteiger partial charge in [0.2, 0.25) is 5.91 Å². The zero-order valence-corrected chi connectivity index (χ0v) is 14.2. The number of amides is 1. The molecule has 126 valence electrons. The third-order valence-corrected chi connectivity index (χ3v) is 4.48. The minimum absolute atomic E-state index is 0.0304. The Morgan fingerprint density at radius 3 is 2.67 bits per heavy atom. The second-order valence-corrected chi connectivity index (χ2v) is 6.50. The zero-order valence-electron chi connectivity index (χ0n) is 14.2. The molecule has 3 N–H and O–H groups in total. The Bertz CT molecular complexity index is 721. The van der Waals surface area contributed by atoms with Crippen molar-refractivity contribution in [3.63, 3.8) is 0 Å². The van der Waals surface area contributed by atoms with E-state index in [2.05, 4.69) is 22.3 Å². The number of rotatable bonds is 5. The molecule has 1 heterocycles. The normalized spacial score (nSPS) is 14.0. The maximum Gasteiger partial charge on any atom is 0.224 e. The van der Waals surface area contributed by atoms with Crippen LogP contribution in [-0.4, -0.2) is 19.0 Å². The number of hydrogen-bond donors (Lipinski definition) is 2. The summed E-state index contributed by atoms with van der Waals surface area (Å²) < 4.78 is 0. The number of carbonyl (C=O) groups is 1. The summed E-state index contributed by atoms with van der Waals surface area (Å²) in [6.07, 6.45) is 3.62. The summed E-state index contributed by atoms with van der Waals surface area (Å²) in [6.45, 7) is 4.19. The Morgan fingerprint density at radius 1 is 1.17 bits per heavy atom. The number of aryl methyl sites for hydroxylation is 2. The van der Waals surface area contributed by atoms with E-state index in [1.807, 2.05) is 37.3 Å². The minimum atomic E-state index is 0.0304. The molecule has 1 aliphatic rings. The second kappa shape index (κ2) is 7.39. The van der Waals surface area contributed by atoms with Crippen LogP contribution < -0.4 is 16.0 Å². The van der Waals surface area contributed by atoms with Crippen molar-refractivity contribution >= 4 is 23.0 Å². The van der Waals surface area contributed by atoms with Crippen LogP contribution in [0, 0.1) is 6.92 Å². The number of nitrogens with zero attached hydrogens (tertiary/aromatic N) is 1. The number of carbonyl (C=O) groups excluding carboxylic acids is 1. The molecule has 0 radical (unpaired) electrons. The number of nitrogen functional groups attached to an aromatic ring is 1. The van der Waals surface area contributed by atoms with Crippen molar-refractivity contribution in [2.24, 2.45) is 0 Å². The van der Waals surface area contributed by atoms with Crippen LogP contribution in [0.1, 0.15) is 30.4 Å². The fourth-order valence-electron chi connectivity index (χ4n) is 3.21. The molecule has 1 aliphatic heterocycles. The lowest BCUT2D eigenvalue weighted by atomic mass is 10.1. The summed E-state index contributed by atoms with van der Waals surface area (Å²) >= 11 is 0. The van der Waals surface area contributed by atoms with E-state index in [-0.39, 0.29) is 5.91 Å². The highest BCUT2D eigenvalue weighted by Gasteiger charge is 2.15. The molecule has 1 saturated heterocycles. The molecule has 0 unspecified atom stereocenters. The molecule has 4 heteroatoms. The molecular weight excluding hydrogens is 298 g/mol. The maximum atomic E-state index is 12.1. The van der Waals surface area contributed by atoms with Gasteiger partial charge in [-0.3, -0.25) is 4.79 Å². The summed E-state index contributed by atoms with van der Waals surface area (Å²) in [6, 6.07) is 14.0. The minimum Gasteiger partial charge on any atom is -0.397 e. The van der Waals surface area contributed by atoms with Gasteiger partial charge in [0.15, 0.2) is 0 Å². The molecule has 0 atom stereocenters. The van der Waals surface area contributed by atoms with Crippen LogP contribution in [0.2, 0.25) is 0 Å². The van der Waals surface area contributed by atoms with E-state index in [9.17, 15) is 4.79 Å². The van der Waals surface area contributed by atoms with Crippen LogP contribution in [0.25, 0.3) is 0 Å². The van der Waals surface area contributed by atoms with Crippen molar-refractivity contribution in [1.82, 2.24) is 0 Å². The molecule has 2 aromatic rings. The lowest BCUT2D eigenvalue weighted by Crippen LogP contribution is -2.19. The smallest absolute Gasteiger partial charge is 0.224 e. The topological polar surface area (TPSA) is 58.4 Å². The third-order valence-electron chi connectivity index (χ3n) is 4.48. The van der Waals surface area contributed by atoms with Gasteiger partial charge in [-0.15, -0.1) is 0 Å². The lowest BCUT2D eigenvalue weighted by molar-refractivity contribution is -0.116. The van der Waals surface area contributed by atoms with Gasteiger partial charge >= 0.3 is 0 Å². The summed E-state index contributed by atoms with van der Waals surface area (Å²) in [7, 11) is 0. The summed E-state index contributed by atoms with van der Waals surface area (Å²) in [5.41, 5.74) is 11.2. The van der Waals surface area contributed by atoms with Crippen molar-refractivity contribution in [3.8, 4) is 0 Å². The maximum absolute atomic E-state index is 12.1. The van der Waals surface area contributed by atoms with Crippen molar-refractivity contribution in [1.29, 1.82) is 0 Å². The highest BCUT2D eigenvalue weighted by Crippen LogP contribution is 2.28. The quantitative estimate of drug-likeness (QED) is 0.824. The van der Waals surface area contributed by atoms with Gasteiger partial charge in [-0.25, -0.2) is 0 Å². The highest BCUT2D eigenvalue weighted by molar-refractivity contribution is 5.90. The van der Waals surface area contributed by atoms with Crippen LogP contribution in [0.5, 0.6) is 0 Å². The first-order valence-electron chi connectivity index (χ1n) is 8.62. The van der Waals surface area contributed by atoms with Crippen LogP contribution in [0.4, 0.5) is 17.1 Å². The zero-order chi connectivity index (χ0) is 16.9. The first-order chi connectivity index (χ1) is 11.6. The molecular formula is C20H25N3O. The molecule has 0 aromatic heterocycles. The van der Waals surface area contributed by atoms with E-state index < -0.39 is 0 Å². The lowest BCUT2D eigenvalue weighted by Gasteiger charge is -2.20. The Kier molecular flexibility index (Phi) is 5.04. The van der Waals surface area contributed by atoms with E-state index in [0.717, 1.165) is 41.3 Å². The van der Waals surface area contributed by atoms with Gasteiger partial charge in [-0.05, 0) is 61.6 Å². The van der Waals surface area contributed by atoms with E-state index >= 15 is 0 Å². The number of hydrogen-bond acceptors (Lipinski definition) is 3. The first-order valence-corrected chi connectivity index (χ1v) is 8.62. The molecule has 0 aliphatic carbocycles. The Hall–Kier alpha value is -2.49. The number of nitrogens with two attached hydrogens (primary N) is 1. The van der Waals surface area contributed by atoms with E-state index in [4.69, 9.17) is 5.73 Å². The predicted molar refractivity (Wildman–Crippen MR) is 100 cm³/mol. The van der Waals surface area contributed by atoms with Crippen molar-refractivity contribution < 1.29 is 4.79 Å². The molecule has 2 aromatic carbocycles. The van der Waals surface area contributed by atoms with Gasteiger partial charge in [0.1, 0.15) is 0 Å². The second-order valence-electron chi connectivity index (χ2n) is 6.50. The van der Waals surface area contributed by atoms with Crippen molar-refractivity contribution in [2.45, 2.75) is 32.6 Å². The fraction of sp³-hybridized carbons (Fsp3) is 0.350. The monoisotopic (exact) mass is 323 g/mol. The van der Waals surface area contributed by atoms with Crippen molar-refractivity contribution in [3.05, 3.63) is 53.6 Å². The van der Waals surface area contributed by atoms with Gasteiger partial charge in [0.25, 0.3) is 0 Å². The molecule has 0 spiro atoms. The Labute approximate surface area is 143 Å². The van der Waals surface area contributed by atoms with Crippen LogP contribution in [0.3, 0.4) is 0 Å². The largest absolute Gasteiger partial charge is 0.397 e. The summed E-state index contributed by atoms with van der Waals surface area (Å²) in [4.78, 5) is 14.4. The van der Waals surface area contributed by atoms with E-state index in [1.165, 1.54) is 12.8 Å². The summed E-state index contributed by atoms with van der Waals surface area (Å²) in [5, 5.41) is 2.95. The summed E-state index contributed by atoms with van der Waals surface area (Å²) in [5.74, 6) is 0.0304. The number of benzene rings is 2. The van der Waals surface area contributed by atoms with Gasteiger partial charge in [-0.1, -0.05) is 18.2 Å².